The first kappa shape index (κ1) is 17.0. The maximum absolute atomic E-state index is 12.6. The maximum Gasteiger partial charge on any atom is 0.416 e. The minimum Gasteiger partial charge on any atom is -0.354 e. The number of rotatable bonds is 3. The van der Waals surface area contributed by atoms with Crippen LogP contribution < -0.4 is 5.32 Å². The molecule has 0 aliphatic heterocycles. The highest BCUT2D eigenvalue weighted by Crippen LogP contribution is 2.32. The van der Waals surface area contributed by atoms with Crippen molar-refractivity contribution in [1.82, 2.24) is 10.5 Å². The molecule has 1 aromatic carbocycles. The molecule has 1 fully saturated rings. The largest absolute Gasteiger partial charge is 0.416 e. The van der Waals surface area contributed by atoms with Gasteiger partial charge in [-0.2, -0.15) is 18.4 Å². The fourth-order valence-electron chi connectivity index (χ4n) is 2.88. The molecule has 0 saturated heterocycles. The van der Waals surface area contributed by atoms with E-state index in [2.05, 4.69) is 10.5 Å². The molecule has 1 heterocycles. The fourth-order valence-corrected chi connectivity index (χ4v) is 2.88. The van der Waals surface area contributed by atoms with Crippen LogP contribution in [0.4, 0.5) is 13.2 Å². The van der Waals surface area contributed by atoms with Gasteiger partial charge in [-0.05, 0) is 25.0 Å². The predicted octanol–water partition coefficient (Wildman–Crippen LogP) is 3.90. The van der Waals surface area contributed by atoms with E-state index in [0.29, 0.717) is 0 Å². The summed E-state index contributed by atoms with van der Waals surface area (Å²) in [6.07, 6.45) is -0.643. The van der Waals surface area contributed by atoms with Crippen LogP contribution in [0.5, 0.6) is 0 Å². The lowest BCUT2D eigenvalue weighted by molar-refractivity contribution is -0.137. The first-order valence-corrected chi connectivity index (χ1v) is 7.78. The second-order valence-corrected chi connectivity index (χ2v) is 5.88. The van der Waals surface area contributed by atoms with Gasteiger partial charge in [0.15, 0.2) is 11.5 Å². The van der Waals surface area contributed by atoms with Gasteiger partial charge in [-0.25, -0.2) is 0 Å². The monoisotopic (exact) mass is 349 g/mol. The number of benzene rings is 1. The summed E-state index contributed by atoms with van der Waals surface area (Å²) in [6, 6.07) is 6.04. The summed E-state index contributed by atoms with van der Waals surface area (Å²) in [5, 5.41) is 15.8. The van der Waals surface area contributed by atoms with E-state index in [9.17, 15) is 23.2 Å². The highest BCUT2D eigenvalue weighted by molar-refractivity contribution is 5.96. The Morgan fingerprint density at radius 3 is 2.44 bits per heavy atom. The Labute approximate surface area is 141 Å². The Kier molecular flexibility index (Phi) is 4.49. The van der Waals surface area contributed by atoms with Crippen molar-refractivity contribution in [3.8, 4) is 17.4 Å². The lowest BCUT2D eigenvalue weighted by Crippen LogP contribution is -2.33. The van der Waals surface area contributed by atoms with Crippen LogP contribution >= 0.6 is 0 Å². The molecule has 1 aliphatic carbocycles. The average Bonchev–Trinajstić information content (AvgIpc) is 3.22. The van der Waals surface area contributed by atoms with Crippen LogP contribution in [-0.2, 0) is 6.18 Å². The third-order valence-electron chi connectivity index (χ3n) is 4.18. The number of alkyl halides is 3. The molecule has 0 bridgehead atoms. The Balaban J connectivity index is 1.87. The zero-order chi connectivity index (χ0) is 18.0. The molecule has 0 unspecified atom stereocenters. The fraction of sp³-hybridized carbons (Fsp3) is 0.353. The predicted molar refractivity (Wildman–Crippen MR) is 81.4 cm³/mol. The van der Waals surface area contributed by atoms with Crippen LogP contribution in [0.3, 0.4) is 0 Å². The van der Waals surface area contributed by atoms with Gasteiger partial charge < -0.3 is 9.84 Å². The molecule has 0 spiro atoms. The highest BCUT2D eigenvalue weighted by Gasteiger charge is 2.31. The Morgan fingerprint density at radius 2 is 1.88 bits per heavy atom. The Bertz CT molecular complexity index is 813. The van der Waals surface area contributed by atoms with Crippen LogP contribution in [0.2, 0.25) is 0 Å². The Hall–Kier alpha value is -2.82. The molecule has 0 radical (unpaired) electrons. The van der Waals surface area contributed by atoms with Gasteiger partial charge in [-0.3, -0.25) is 4.79 Å². The number of amides is 1. The molecular weight excluding hydrogens is 335 g/mol. The van der Waals surface area contributed by atoms with Crippen molar-refractivity contribution in [2.75, 3.05) is 0 Å². The summed E-state index contributed by atoms with van der Waals surface area (Å²) in [6.45, 7) is 0. The van der Waals surface area contributed by atoms with Crippen molar-refractivity contribution in [3.05, 3.63) is 41.1 Å². The molecular formula is C17H14F3N3O2. The summed E-state index contributed by atoms with van der Waals surface area (Å²) in [4.78, 5) is 12.3. The topological polar surface area (TPSA) is 78.9 Å². The van der Waals surface area contributed by atoms with Gasteiger partial charge in [-0.1, -0.05) is 30.1 Å². The molecule has 1 saturated carbocycles. The lowest BCUT2D eigenvalue weighted by atomic mass is 10.0. The van der Waals surface area contributed by atoms with Crippen LogP contribution in [-0.4, -0.2) is 17.1 Å². The number of nitrogens with zero attached hydrogens (tertiary/aromatic N) is 2. The van der Waals surface area contributed by atoms with E-state index in [-0.39, 0.29) is 28.6 Å². The van der Waals surface area contributed by atoms with E-state index in [1.807, 2.05) is 6.07 Å². The van der Waals surface area contributed by atoms with E-state index >= 15 is 0 Å². The Morgan fingerprint density at radius 1 is 1.24 bits per heavy atom. The van der Waals surface area contributed by atoms with Crippen molar-refractivity contribution < 1.29 is 22.5 Å². The van der Waals surface area contributed by atoms with Crippen molar-refractivity contribution >= 4 is 5.91 Å². The number of hydrogen-bond donors (Lipinski definition) is 1. The standard InChI is InChI=1S/C17H14F3N3O2/c18-17(19,20)11-7-5-10(6-8-11)15-13(9-21)14(23-25-15)16(24)22-12-3-1-2-4-12/h5-8,12H,1-4H2,(H,22,24). The molecule has 5 nitrogen and oxygen atoms in total. The summed E-state index contributed by atoms with van der Waals surface area (Å²) < 4.78 is 43.0. The zero-order valence-electron chi connectivity index (χ0n) is 13.1. The van der Waals surface area contributed by atoms with Gasteiger partial charge in [0.1, 0.15) is 11.6 Å². The van der Waals surface area contributed by atoms with Crippen LogP contribution in [0.25, 0.3) is 11.3 Å². The number of carbonyl (C=O) groups is 1. The second kappa shape index (κ2) is 6.59. The SMILES string of the molecule is N#Cc1c(C(=O)NC2CCCC2)noc1-c1ccc(C(F)(F)F)cc1. The normalized spacial score (nSPS) is 15.1. The number of nitriles is 1. The zero-order valence-corrected chi connectivity index (χ0v) is 13.1. The molecule has 0 atom stereocenters. The third kappa shape index (κ3) is 3.50. The molecule has 3 rings (SSSR count). The lowest BCUT2D eigenvalue weighted by Gasteiger charge is -2.09. The summed E-state index contributed by atoms with van der Waals surface area (Å²) >= 11 is 0. The van der Waals surface area contributed by atoms with Crippen LogP contribution in [0.1, 0.15) is 47.3 Å². The van der Waals surface area contributed by atoms with Crippen LogP contribution in [0.15, 0.2) is 28.8 Å². The molecule has 1 amide bonds. The first-order chi connectivity index (χ1) is 11.9. The quantitative estimate of drug-likeness (QED) is 0.911. The van der Waals surface area contributed by atoms with Crippen molar-refractivity contribution in [2.45, 2.75) is 37.9 Å². The smallest absolute Gasteiger partial charge is 0.354 e. The van der Waals surface area contributed by atoms with Crippen molar-refractivity contribution in [3.63, 3.8) is 0 Å². The van der Waals surface area contributed by atoms with Gasteiger partial charge in [0.25, 0.3) is 5.91 Å². The molecule has 130 valence electrons. The first-order valence-electron chi connectivity index (χ1n) is 7.78. The molecule has 25 heavy (non-hydrogen) atoms. The van der Waals surface area contributed by atoms with Gasteiger partial charge in [0.2, 0.25) is 0 Å². The van der Waals surface area contributed by atoms with E-state index in [0.717, 1.165) is 37.8 Å². The minimum absolute atomic E-state index is 0.0206. The molecule has 2 aromatic rings. The van der Waals surface area contributed by atoms with E-state index < -0.39 is 17.6 Å². The molecule has 8 heteroatoms. The van der Waals surface area contributed by atoms with Crippen molar-refractivity contribution in [2.24, 2.45) is 0 Å². The van der Waals surface area contributed by atoms with Crippen LogP contribution in [0, 0.1) is 11.3 Å². The number of carbonyl (C=O) groups excluding carboxylic acids is 1. The van der Waals surface area contributed by atoms with E-state index in [1.54, 1.807) is 0 Å². The van der Waals surface area contributed by atoms with Gasteiger partial charge in [0, 0.05) is 11.6 Å². The number of nitrogens with one attached hydrogen (secondary N) is 1. The summed E-state index contributed by atoms with van der Waals surface area (Å²) in [7, 11) is 0. The maximum atomic E-state index is 12.6. The van der Waals surface area contributed by atoms with E-state index in [1.165, 1.54) is 12.1 Å². The van der Waals surface area contributed by atoms with Crippen molar-refractivity contribution in [1.29, 1.82) is 5.26 Å². The van der Waals surface area contributed by atoms with Gasteiger partial charge in [-0.15, -0.1) is 0 Å². The molecule has 1 aliphatic rings. The molecule has 1 N–H and O–H groups in total. The number of aromatic nitrogens is 1. The van der Waals surface area contributed by atoms with E-state index in [4.69, 9.17) is 4.52 Å². The third-order valence-corrected chi connectivity index (χ3v) is 4.18. The number of hydrogen-bond acceptors (Lipinski definition) is 4. The summed E-state index contributed by atoms with van der Waals surface area (Å²) in [5.41, 5.74) is -0.801. The van der Waals surface area contributed by atoms with Gasteiger partial charge in [0.05, 0.1) is 5.56 Å². The number of halogens is 3. The molecule has 1 aromatic heterocycles. The summed E-state index contributed by atoms with van der Waals surface area (Å²) in [5.74, 6) is -0.529. The second-order valence-electron chi connectivity index (χ2n) is 5.88. The average molecular weight is 349 g/mol. The highest BCUT2D eigenvalue weighted by atomic mass is 19.4. The van der Waals surface area contributed by atoms with Gasteiger partial charge >= 0.3 is 6.18 Å². The minimum atomic E-state index is -4.45.